The summed E-state index contributed by atoms with van der Waals surface area (Å²) >= 11 is 15.4. The van der Waals surface area contributed by atoms with Gasteiger partial charge in [0.05, 0.1) is 10.0 Å². The van der Waals surface area contributed by atoms with Gasteiger partial charge in [0.2, 0.25) is 0 Å². The second kappa shape index (κ2) is 4.88. The Kier molecular flexibility index (Phi) is 3.32. The van der Waals surface area contributed by atoms with Gasteiger partial charge in [0.1, 0.15) is 11.5 Å². The lowest BCUT2D eigenvalue weighted by atomic mass is 10.0. The Morgan fingerprint density at radius 3 is 2.60 bits per heavy atom. The maximum absolute atomic E-state index is 10.2. The fraction of sp³-hybridized carbons (Fsp3) is 0. The van der Waals surface area contributed by atoms with Gasteiger partial charge in [-0.05, 0) is 18.2 Å². The summed E-state index contributed by atoms with van der Waals surface area (Å²) in [6.07, 6.45) is 1.72. The van der Waals surface area contributed by atoms with Crippen molar-refractivity contribution in [2.24, 2.45) is 0 Å². The SMILES string of the molecule is Oc1cc(Cl)c(O)c(-c2c[nH]c3ccc(Br)cc23)c1Cl. The molecule has 0 saturated carbocycles. The number of H-pyrrole nitrogens is 1. The zero-order valence-corrected chi connectivity index (χ0v) is 13.0. The third-order valence-corrected chi connectivity index (χ3v) is 4.25. The van der Waals surface area contributed by atoms with Crippen LogP contribution in [-0.4, -0.2) is 15.2 Å². The molecule has 1 heterocycles. The molecule has 20 heavy (non-hydrogen) atoms. The molecule has 0 spiro atoms. The first-order valence-electron chi connectivity index (χ1n) is 5.66. The summed E-state index contributed by atoms with van der Waals surface area (Å²) in [6, 6.07) is 6.92. The van der Waals surface area contributed by atoms with Crippen molar-refractivity contribution < 1.29 is 10.2 Å². The lowest BCUT2D eigenvalue weighted by Gasteiger charge is -2.09. The van der Waals surface area contributed by atoms with E-state index >= 15 is 0 Å². The van der Waals surface area contributed by atoms with Crippen molar-refractivity contribution >= 4 is 50.0 Å². The van der Waals surface area contributed by atoms with Gasteiger partial charge in [-0.25, -0.2) is 0 Å². The zero-order valence-electron chi connectivity index (χ0n) is 9.92. The normalized spacial score (nSPS) is 11.2. The Hall–Kier alpha value is -1.36. The van der Waals surface area contributed by atoms with Crippen molar-refractivity contribution in [1.29, 1.82) is 0 Å². The number of nitrogens with one attached hydrogen (secondary N) is 1. The number of aromatic nitrogens is 1. The van der Waals surface area contributed by atoms with Crippen molar-refractivity contribution in [2.75, 3.05) is 0 Å². The van der Waals surface area contributed by atoms with E-state index in [1.165, 1.54) is 6.07 Å². The van der Waals surface area contributed by atoms with Crippen LogP contribution in [0.3, 0.4) is 0 Å². The lowest BCUT2D eigenvalue weighted by molar-refractivity contribution is 0.462. The minimum atomic E-state index is -0.172. The lowest BCUT2D eigenvalue weighted by Crippen LogP contribution is -1.83. The van der Waals surface area contributed by atoms with E-state index < -0.39 is 0 Å². The van der Waals surface area contributed by atoms with E-state index in [-0.39, 0.29) is 21.5 Å². The van der Waals surface area contributed by atoms with Crippen LogP contribution in [0, 0.1) is 0 Å². The van der Waals surface area contributed by atoms with Gasteiger partial charge in [0.15, 0.2) is 0 Å². The molecule has 0 atom stereocenters. The molecule has 3 aromatic rings. The van der Waals surface area contributed by atoms with Crippen molar-refractivity contribution in [2.45, 2.75) is 0 Å². The van der Waals surface area contributed by atoms with Crippen LogP contribution in [0.1, 0.15) is 0 Å². The van der Waals surface area contributed by atoms with Crippen LogP contribution in [0.15, 0.2) is 34.9 Å². The molecule has 0 radical (unpaired) electrons. The summed E-state index contributed by atoms with van der Waals surface area (Å²) in [6.45, 7) is 0. The van der Waals surface area contributed by atoms with Crippen LogP contribution >= 0.6 is 39.1 Å². The van der Waals surface area contributed by atoms with Crippen LogP contribution in [0.4, 0.5) is 0 Å². The van der Waals surface area contributed by atoms with E-state index in [1.807, 2.05) is 18.2 Å². The summed E-state index contributed by atoms with van der Waals surface area (Å²) in [5, 5.41) is 20.9. The number of phenols is 2. The average Bonchev–Trinajstić information content (AvgIpc) is 2.80. The van der Waals surface area contributed by atoms with Gasteiger partial charge in [-0.2, -0.15) is 0 Å². The fourth-order valence-electron chi connectivity index (χ4n) is 2.15. The molecule has 3 rings (SSSR count). The molecule has 0 amide bonds. The summed E-state index contributed by atoms with van der Waals surface area (Å²) in [5.74, 6) is -0.329. The summed E-state index contributed by atoms with van der Waals surface area (Å²) in [7, 11) is 0. The molecule has 6 heteroatoms. The number of hydrogen-bond acceptors (Lipinski definition) is 2. The Labute approximate surface area is 132 Å². The molecule has 2 aromatic carbocycles. The van der Waals surface area contributed by atoms with Gasteiger partial charge >= 0.3 is 0 Å². The van der Waals surface area contributed by atoms with Crippen LogP contribution in [0.5, 0.6) is 11.5 Å². The number of halogens is 3. The first-order valence-corrected chi connectivity index (χ1v) is 7.21. The second-order valence-corrected chi connectivity index (χ2v) is 6.01. The maximum Gasteiger partial charge on any atom is 0.143 e. The molecule has 102 valence electrons. The van der Waals surface area contributed by atoms with Gasteiger partial charge in [0, 0.05) is 38.8 Å². The molecule has 3 N–H and O–H groups in total. The van der Waals surface area contributed by atoms with E-state index in [9.17, 15) is 10.2 Å². The fourth-order valence-corrected chi connectivity index (χ4v) is 2.95. The van der Waals surface area contributed by atoms with E-state index in [4.69, 9.17) is 23.2 Å². The highest BCUT2D eigenvalue weighted by molar-refractivity contribution is 9.10. The number of rotatable bonds is 1. The second-order valence-electron chi connectivity index (χ2n) is 4.31. The predicted octanol–water partition coefficient (Wildman–Crippen LogP) is 5.32. The minimum Gasteiger partial charge on any atom is -0.506 e. The first-order chi connectivity index (χ1) is 9.49. The van der Waals surface area contributed by atoms with Crippen molar-refractivity contribution in [1.82, 2.24) is 4.98 Å². The van der Waals surface area contributed by atoms with Crippen LogP contribution < -0.4 is 0 Å². The van der Waals surface area contributed by atoms with Gasteiger partial charge < -0.3 is 15.2 Å². The number of phenolic OH excluding ortho intramolecular Hbond substituents is 2. The smallest absolute Gasteiger partial charge is 0.143 e. The third kappa shape index (κ3) is 2.04. The third-order valence-electron chi connectivity index (χ3n) is 3.08. The standard InChI is InChI=1S/C14H8BrCl2NO2/c15-6-1-2-10-7(3-6)8(5-18-10)12-13(17)11(19)4-9(16)14(12)20/h1-5,18-20H. The molecule has 0 fully saturated rings. The molecule has 0 unspecified atom stereocenters. The number of aromatic hydroxyl groups is 2. The largest absolute Gasteiger partial charge is 0.506 e. The van der Waals surface area contributed by atoms with E-state index in [0.717, 1.165) is 15.4 Å². The molecule has 0 aliphatic heterocycles. The molecule has 3 nitrogen and oxygen atoms in total. The van der Waals surface area contributed by atoms with Crippen molar-refractivity contribution in [3.8, 4) is 22.6 Å². The molecule has 0 saturated heterocycles. The minimum absolute atomic E-state index is 0.0475. The summed E-state index contributed by atoms with van der Waals surface area (Å²) in [5.41, 5.74) is 1.86. The monoisotopic (exact) mass is 371 g/mol. The predicted molar refractivity (Wildman–Crippen MR) is 84.8 cm³/mol. The van der Waals surface area contributed by atoms with Crippen LogP contribution in [0.25, 0.3) is 22.0 Å². The van der Waals surface area contributed by atoms with Gasteiger partial charge in [-0.15, -0.1) is 0 Å². The first kappa shape index (κ1) is 13.6. The van der Waals surface area contributed by atoms with Crippen LogP contribution in [0.2, 0.25) is 10.0 Å². The van der Waals surface area contributed by atoms with E-state index in [2.05, 4.69) is 20.9 Å². The van der Waals surface area contributed by atoms with Crippen molar-refractivity contribution in [3.05, 3.63) is 45.0 Å². The highest BCUT2D eigenvalue weighted by Gasteiger charge is 2.19. The van der Waals surface area contributed by atoms with E-state index in [1.54, 1.807) is 6.20 Å². The Morgan fingerprint density at radius 1 is 1.10 bits per heavy atom. The molecular weight excluding hydrogens is 365 g/mol. The van der Waals surface area contributed by atoms with Crippen LogP contribution in [-0.2, 0) is 0 Å². The Morgan fingerprint density at radius 2 is 1.85 bits per heavy atom. The van der Waals surface area contributed by atoms with Gasteiger partial charge in [-0.1, -0.05) is 39.1 Å². The topological polar surface area (TPSA) is 56.2 Å². The average molecular weight is 373 g/mol. The molecule has 0 bridgehead atoms. The Bertz CT molecular complexity index is 803. The van der Waals surface area contributed by atoms with Gasteiger partial charge in [0.25, 0.3) is 0 Å². The molecular formula is C14H8BrCl2NO2. The zero-order chi connectivity index (χ0) is 14.4. The number of aromatic amines is 1. The van der Waals surface area contributed by atoms with E-state index in [0.29, 0.717) is 11.1 Å². The highest BCUT2D eigenvalue weighted by atomic mass is 79.9. The maximum atomic E-state index is 10.2. The molecule has 1 aromatic heterocycles. The summed E-state index contributed by atoms with van der Waals surface area (Å²) < 4.78 is 0.896. The van der Waals surface area contributed by atoms with Gasteiger partial charge in [-0.3, -0.25) is 0 Å². The highest BCUT2D eigenvalue weighted by Crippen LogP contribution is 2.47. The molecule has 0 aliphatic rings. The quantitative estimate of drug-likeness (QED) is 0.506. The number of hydrogen-bond donors (Lipinski definition) is 3. The van der Waals surface area contributed by atoms with Crippen molar-refractivity contribution in [3.63, 3.8) is 0 Å². The number of fused-ring (bicyclic) bond motifs is 1. The summed E-state index contributed by atoms with van der Waals surface area (Å²) in [4.78, 5) is 3.09. The Balaban J connectivity index is 2.39. The number of benzene rings is 2. The molecule has 0 aliphatic carbocycles.